The largest absolute Gasteiger partial charge is 0.378 e. The average molecular weight is 360 g/mol. The minimum Gasteiger partial charge on any atom is -0.378 e. The third kappa shape index (κ3) is 4.24. The number of morpholine rings is 1. The molecule has 25 heavy (non-hydrogen) atoms. The Morgan fingerprint density at radius 1 is 1.16 bits per heavy atom. The Kier molecular flexibility index (Phi) is 5.79. The van der Waals surface area contributed by atoms with E-state index in [0.717, 1.165) is 30.2 Å². The fourth-order valence-corrected chi connectivity index (χ4v) is 3.15. The predicted molar refractivity (Wildman–Crippen MR) is 103 cm³/mol. The highest BCUT2D eigenvalue weighted by molar-refractivity contribution is 6.34. The maximum atomic E-state index is 12.5. The molecule has 1 saturated heterocycles. The summed E-state index contributed by atoms with van der Waals surface area (Å²) in [5, 5.41) is 3.92. The van der Waals surface area contributed by atoms with Crippen molar-refractivity contribution in [1.82, 2.24) is 0 Å². The molecule has 2 aromatic carbocycles. The quantitative estimate of drug-likeness (QED) is 0.890. The second-order valence-corrected chi connectivity index (χ2v) is 6.28. The number of halogens is 1. The van der Waals surface area contributed by atoms with Gasteiger partial charge in [-0.1, -0.05) is 35.9 Å². The average Bonchev–Trinajstić information content (AvgIpc) is 2.67. The van der Waals surface area contributed by atoms with E-state index in [1.807, 2.05) is 48.5 Å². The number of para-hydroxylation sites is 2. The van der Waals surface area contributed by atoms with Crippen molar-refractivity contribution in [3.8, 4) is 0 Å². The number of anilines is 3. The predicted octanol–water partition coefficient (Wildman–Crippen LogP) is 3.25. The monoisotopic (exact) mass is 359 g/mol. The number of hydrogen-bond acceptors (Lipinski definition) is 4. The van der Waals surface area contributed by atoms with Crippen molar-refractivity contribution < 1.29 is 9.53 Å². The number of ether oxygens (including phenoxy) is 1. The Bertz CT molecular complexity index is 718. The highest BCUT2D eigenvalue weighted by Gasteiger charge is 2.19. The second kappa shape index (κ2) is 8.23. The molecule has 1 aliphatic rings. The van der Waals surface area contributed by atoms with Gasteiger partial charge in [0.15, 0.2) is 0 Å². The summed E-state index contributed by atoms with van der Waals surface area (Å²) < 4.78 is 5.41. The first-order chi connectivity index (χ1) is 12.2. The summed E-state index contributed by atoms with van der Waals surface area (Å²) in [5.74, 6) is -0.0147. The Morgan fingerprint density at radius 2 is 1.88 bits per heavy atom. The fraction of sp³-hybridized carbons (Fsp3) is 0.316. The van der Waals surface area contributed by atoms with Crippen molar-refractivity contribution in [3.05, 3.63) is 53.6 Å². The van der Waals surface area contributed by atoms with Crippen LogP contribution in [-0.2, 0) is 9.53 Å². The van der Waals surface area contributed by atoms with E-state index in [-0.39, 0.29) is 12.5 Å². The van der Waals surface area contributed by atoms with Crippen LogP contribution in [0.2, 0.25) is 5.02 Å². The maximum Gasteiger partial charge on any atom is 0.246 e. The molecule has 0 radical (unpaired) electrons. The number of likely N-dealkylation sites (N-methyl/N-ethyl adjacent to an activating group) is 1. The van der Waals surface area contributed by atoms with Gasteiger partial charge in [0.1, 0.15) is 0 Å². The highest BCUT2D eigenvalue weighted by Crippen LogP contribution is 2.34. The molecule has 2 aromatic rings. The van der Waals surface area contributed by atoms with Gasteiger partial charge in [-0.3, -0.25) is 4.79 Å². The fourth-order valence-electron chi connectivity index (χ4n) is 2.85. The van der Waals surface area contributed by atoms with Gasteiger partial charge in [-0.05, 0) is 24.3 Å². The number of nitrogens with zero attached hydrogens (tertiary/aromatic N) is 2. The molecular weight excluding hydrogens is 338 g/mol. The third-order valence-corrected chi connectivity index (χ3v) is 4.57. The number of carbonyl (C=O) groups is 1. The number of nitrogens with one attached hydrogen (secondary N) is 1. The molecule has 6 heteroatoms. The van der Waals surface area contributed by atoms with Crippen molar-refractivity contribution >= 4 is 34.6 Å². The maximum absolute atomic E-state index is 12.5. The number of carbonyl (C=O) groups excluding carboxylic acids is 1. The first-order valence-electron chi connectivity index (χ1n) is 8.33. The van der Waals surface area contributed by atoms with Crippen molar-refractivity contribution in [2.24, 2.45) is 0 Å². The summed E-state index contributed by atoms with van der Waals surface area (Å²) in [5.41, 5.74) is 2.67. The van der Waals surface area contributed by atoms with Crippen LogP contribution < -0.4 is 15.1 Å². The van der Waals surface area contributed by atoms with Gasteiger partial charge in [-0.2, -0.15) is 0 Å². The Morgan fingerprint density at radius 3 is 2.60 bits per heavy atom. The molecule has 5 nitrogen and oxygen atoms in total. The lowest BCUT2D eigenvalue weighted by Crippen LogP contribution is -2.37. The number of benzene rings is 2. The molecular formula is C19H22ClN3O2. The lowest BCUT2D eigenvalue weighted by Gasteiger charge is -2.31. The Hall–Kier alpha value is -2.24. The zero-order valence-electron chi connectivity index (χ0n) is 14.2. The first kappa shape index (κ1) is 17.6. The highest BCUT2D eigenvalue weighted by atomic mass is 35.5. The second-order valence-electron chi connectivity index (χ2n) is 5.88. The number of rotatable bonds is 5. The normalized spacial score (nSPS) is 14.2. The van der Waals surface area contributed by atoms with Crippen LogP contribution in [0.25, 0.3) is 0 Å². The Balaban J connectivity index is 1.70. The van der Waals surface area contributed by atoms with Crippen LogP contribution in [0.3, 0.4) is 0 Å². The third-order valence-electron chi connectivity index (χ3n) is 4.26. The first-order valence-corrected chi connectivity index (χ1v) is 8.71. The molecule has 0 atom stereocenters. The summed E-state index contributed by atoms with van der Waals surface area (Å²) >= 11 is 6.42. The van der Waals surface area contributed by atoms with E-state index in [1.165, 1.54) is 0 Å². The molecule has 1 fully saturated rings. The molecule has 3 rings (SSSR count). The minimum atomic E-state index is -0.0147. The zero-order valence-corrected chi connectivity index (χ0v) is 15.0. The molecule has 1 amide bonds. The molecule has 0 aromatic heterocycles. The van der Waals surface area contributed by atoms with Crippen LogP contribution in [0.5, 0.6) is 0 Å². The number of hydrogen-bond donors (Lipinski definition) is 1. The van der Waals surface area contributed by atoms with Gasteiger partial charge in [0.25, 0.3) is 0 Å². The van der Waals surface area contributed by atoms with Gasteiger partial charge >= 0.3 is 0 Å². The van der Waals surface area contributed by atoms with Crippen LogP contribution in [0.15, 0.2) is 48.5 Å². The molecule has 1 aliphatic heterocycles. The van der Waals surface area contributed by atoms with E-state index >= 15 is 0 Å². The van der Waals surface area contributed by atoms with Crippen LogP contribution in [0, 0.1) is 0 Å². The Labute approximate surface area is 153 Å². The van der Waals surface area contributed by atoms with E-state index in [1.54, 1.807) is 11.9 Å². The molecule has 0 unspecified atom stereocenters. The molecule has 0 bridgehead atoms. The van der Waals surface area contributed by atoms with Gasteiger partial charge in [0.05, 0.1) is 36.2 Å². The van der Waals surface area contributed by atoms with Gasteiger partial charge < -0.3 is 19.9 Å². The molecule has 1 N–H and O–H groups in total. The smallest absolute Gasteiger partial charge is 0.246 e. The van der Waals surface area contributed by atoms with Crippen LogP contribution in [0.1, 0.15) is 0 Å². The topological polar surface area (TPSA) is 44.8 Å². The molecule has 1 heterocycles. The lowest BCUT2D eigenvalue weighted by atomic mass is 10.2. The van der Waals surface area contributed by atoms with Crippen LogP contribution >= 0.6 is 11.6 Å². The van der Waals surface area contributed by atoms with E-state index in [9.17, 15) is 4.79 Å². The standard InChI is InChI=1S/C19H22ClN3O2/c1-22(15-6-3-2-4-7-15)18(24)14-21-17-9-5-8-16(20)19(17)23-10-12-25-13-11-23/h2-9,21H,10-14H2,1H3. The summed E-state index contributed by atoms with van der Waals surface area (Å²) in [6.45, 7) is 3.14. The van der Waals surface area contributed by atoms with Crippen LogP contribution in [-0.4, -0.2) is 45.8 Å². The number of amides is 1. The van der Waals surface area contributed by atoms with E-state index in [0.29, 0.717) is 18.2 Å². The van der Waals surface area contributed by atoms with E-state index in [4.69, 9.17) is 16.3 Å². The molecule has 0 spiro atoms. The van der Waals surface area contributed by atoms with Crippen molar-refractivity contribution in [2.45, 2.75) is 0 Å². The van der Waals surface area contributed by atoms with Crippen molar-refractivity contribution in [3.63, 3.8) is 0 Å². The molecule has 0 saturated carbocycles. The summed E-state index contributed by atoms with van der Waals surface area (Å²) in [6, 6.07) is 15.3. The molecule has 0 aliphatic carbocycles. The van der Waals surface area contributed by atoms with E-state index < -0.39 is 0 Å². The van der Waals surface area contributed by atoms with Crippen LogP contribution in [0.4, 0.5) is 17.1 Å². The van der Waals surface area contributed by atoms with Gasteiger partial charge in [0.2, 0.25) is 5.91 Å². The van der Waals surface area contributed by atoms with Gasteiger partial charge in [0, 0.05) is 25.8 Å². The zero-order chi connectivity index (χ0) is 17.6. The minimum absolute atomic E-state index is 0.0147. The van der Waals surface area contributed by atoms with E-state index in [2.05, 4.69) is 10.2 Å². The summed E-state index contributed by atoms with van der Waals surface area (Å²) in [7, 11) is 1.78. The molecule has 132 valence electrons. The van der Waals surface area contributed by atoms with Crippen molar-refractivity contribution in [2.75, 3.05) is 55.0 Å². The van der Waals surface area contributed by atoms with Gasteiger partial charge in [-0.25, -0.2) is 0 Å². The van der Waals surface area contributed by atoms with Gasteiger partial charge in [-0.15, -0.1) is 0 Å². The van der Waals surface area contributed by atoms with Crippen molar-refractivity contribution in [1.29, 1.82) is 0 Å². The lowest BCUT2D eigenvalue weighted by molar-refractivity contribution is -0.116. The summed E-state index contributed by atoms with van der Waals surface area (Å²) in [6.07, 6.45) is 0. The summed E-state index contributed by atoms with van der Waals surface area (Å²) in [4.78, 5) is 16.3. The SMILES string of the molecule is CN(C(=O)CNc1cccc(Cl)c1N1CCOCC1)c1ccccc1.